The van der Waals surface area contributed by atoms with Gasteiger partial charge in [-0.25, -0.2) is 4.39 Å². The molecule has 0 heterocycles. The maximum absolute atomic E-state index is 13.6. The summed E-state index contributed by atoms with van der Waals surface area (Å²) in [6.07, 6.45) is -4.34. The van der Waals surface area contributed by atoms with E-state index in [4.69, 9.17) is 0 Å². The molecule has 0 saturated carbocycles. The lowest BCUT2D eigenvalue weighted by atomic mass is 10.2. The van der Waals surface area contributed by atoms with Crippen molar-refractivity contribution in [2.45, 2.75) is 18.4 Å². The molecule has 0 aliphatic heterocycles. The molecule has 0 aliphatic rings. The minimum Gasteiger partial charge on any atom is -0.360 e. The summed E-state index contributed by atoms with van der Waals surface area (Å²) in [7, 11) is 0. The summed E-state index contributed by atoms with van der Waals surface area (Å²) in [6.45, 7) is 0.516. The lowest BCUT2D eigenvalue weighted by molar-refractivity contribution is -0.119. The zero-order valence-corrected chi connectivity index (χ0v) is 10.8. The van der Waals surface area contributed by atoms with Crippen LogP contribution in [0.2, 0.25) is 0 Å². The van der Waals surface area contributed by atoms with Gasteiger partial charge in [-0.05, 0) is 24.6 Å². The standard InChI is InChI=1S/C11H12BrF4N/c1-2-17(7-11(14,15)16)10-4-3-8(6-12)5-9(10)13/h3-5H,2,6-7H2,1H3. The van der Waals surface area contributed by atoms with Crippen LogP contribution in [0, 0.1) is 5.82 Å². The van der Waals surface area contributed by atoms with Crippen molar-refractivity contribution in [3.05, 3.63) is 29.6 Å². The van der Waals surface area contributed by atoms with E-state index in [1.807, 2.05) is 0 Å². The molecule has 0 fully saturated rings. The summed E-state index contributed by atoms with van der Waals surface area (Å²) >= 11 is 3.16. The Kier molecular flexibility index (Phi) is 4.80. The van der Waals surface area contributed by atoms with Gasteiger partial charge in [0.2, 0.25) is 0 Å². The molecule has 0 amide bonds. The Labute approximate surface area is 106 Å². The number of halogens is 5. The Morgan fingerprint density at radius 2 is 1.94 bits per heavy atom. The molecule has 6 heteroatoms. The van der Waals surface area contributed by atoms with Crippen LogP contribution in [0.5, 0.6) is 0 Å². The normalized spacial score (nSPS) is 11.6. The molecule has 1 aromatic carbocycles. The monoisotopic (exact) mass is 313 g/mol. The van der Waals surface area contributed by atoms with Gasteiger partial charge in [0.25, 0.3) is 0 Å². The molecule has 0 saturated heterocycles. The Hall–Kier alpha value is -0.780. The first-order valence-electron chi connectivity index (χ1n) is 5.03. The second-order valence-electron chi connectivity index (χ2n) is 3.55. The maximum atomic E-state index is 13.6. The largest absolute Gasteiger partial charge is 0.405 e. The van der Waals surface area contributed by atoms with E-state index in [0.717, 1.165) is 4.90 Å². The van der Waals surface area contributed by atoms with Gasteiger partial charge in [0.1, 0.15) is 12.4 Å². The van der Waals surface area contributed by atoms with Gasteiger partial charge in [-0.3, -0.25) is 0 Å². The second kappa shape index (κ2) is 5.71. The van der Waals surface area contributed by atoms with Gasteiger partial charge in [-0.15, -0.1) is 0 Å². The summed E-state index contributed by atoms with van der Waals surface area (Å²) in [4.78, 5) is 0.966. The SMILES string of the molecule is CCN(CC(F)(F)F)c1ccc(CBr)cc1F. The maximum Gasteiger partial charge on any atom is 0.405 e. The lowest BCUT2D eigenvalue weighted by Gasteiger charge is -2.25. The van der Waals surface area contributed by atoms with Crippen LogP contribution in [0.15, 0.2) is 18.2 Å². The van der Waals surface area contributed by atoms with Crippen molar-refractivity contribution >= 4 is 21.6 Å². The second-order valence-corrected chi connectivity index (χ2v) is 4.11. The molecular formula is C11H12BrF4N. The van der Waals surface area contributed by atoms with Crippen molar-refractivity contribution in [3.63, 3.8) is 0 Å². The molecule has 0 N–H and O–H groups in total. The third-order valence-corrected chi connectivity index (χ3v) is 2.91. The Morgan fingerprint density at radius 3 is 2.35 bits per heavy atom. The van der Waals surface area contributed by atoms with Gasteiger partial charge in [0, 0.05) is 11.9 Å². The fourth-order valence-corrected chi connectivity index (χ4v) is 1.82. The predicted molar refractivity (Wildman–Crippen MR) is 63.0 cm³/mol. The number of nitrogens with zero attached hydrogens (tertiary/aromatic N) is 1. The van der Waals surface area contributed by atoms with Gasteiger partial charge < -0.3 is 4.90 Å². The number of hydrogen-bond acceptors (Lipinski definition) is 1. The molecule has 1 nitrogen and oxygen atoms in total. The molecule has 0 bridgehead atoms. The summed E-state index contributed by atoms with van der Waals surface area (Å²) < 4.78 is 50.5. The van der Waals surface area contributed by atoms with Gasteiger partial charge >= 0.3 is 6.18 Å². The van der Waals surface area contributed by atoms with Crippen molar-refractivity contribution in [2.75, 3.05) is 18.0 Å². The molecule has 0 atom stereocenters. The van der Waals surface area contributed by atoms with E-state index >= 15 is 0 Å². The number of anilines is 1. The first-order chi connectivity index (χ1) is 7.87. The lowest BCUT2D eigenvalue weighted by Crippen LogP contribution is -2.34. The van der Waals surface area contributed by atoms with E-state index in [2.05, 4.69) is 15.9 Å². The molecule has 0 unspecified atom stereocenters. The van der Waals surface area contributed by atoms with E-state index in [9.17, 15) is 17.6 Å². The molecular weight excluding hydrogens is 302 g/mol. The minimum absolute atomic E-state index is 0.0190. The van der Waals surface area contributed by atoms with Crippen LogP contribution in [-0.4, -0.2) is 19.3 Å². The fraction of sp³-hybridized carbons (Fsp3) is 0.455. The summed E-state index contributed by atoms with van der Waals surface area (Å²) in [5.74, 6) is -0.631. The summed E-state index contributed by atoms with van der Waals surface area (Å²) in [5, 5.41) is 0.468. The first-order valence-corrected chi connectivity index (χ1v) is 6.15. The number of benzene rings is 1. The molecule has 96 valence electrons. The highest BCUT2D eigenvalue weighted by atomic mass is 79.9. The van der Waals surface area contributed by atoms with Crippen molar-refractivity contribution < 1.29 is 17.6 Å². The topological polar surface area (TPSA) is 3.24 Å². The Balaban J connectivity index is 2.96. The average molecular weight is 314 g/mol. The van der Waals surface area contributed by atoms with Crippen molar-refractivity contribution in [1.82, 2.24) is 0 Å². The van der Waals surface area contributed by atoms with Crippen LogP contribution in [0.4, 0.5) is 23.2 Å². The molecule has 0 aromatic heterocycles. The van der Waals surface area contributed by atoms with Crippen LogP contribution in [-0.2, 0) is 5.33 Å². The first kappa shape index (κ1) is 14.3. The van der Waals surface area contributed by atoms with Crippen molar-refractivity contribution in [2.24, 2.45) is 0 Å². The predicted octanol–water partition coefficient (Wildman–Crippen LogP) is 4.11. The van der Waals surface area contributed by atoms with Crippen LogP contribution < -0.4 is 4.90 Å². The Bertz CT molecular complexity index is 378. The minimum atomic E-state index is -4.34. The van der Waals surface area contributed by atoms with Gasteiger partial charge in [-0.1, -0.05) is 22.0 Å². The fourth-order valence-electron chi connectivity index (χ4n) is 1.47. The zero-order valence-electron chi connectivity index (χ0n) is 9.19. The molecule has 0 aliphatic carbocycles. The van der Waals surface area contributed by atoms with E-state index < -0.39 is 18.5 Å². The van der Waals surface area contributed by atoms with E-state index in [1.165, 1.54) is 12.1 Å². The van der Waals surface area contributed by atoms with Crippen LogP contribution in [0.25, 0.3) is 0 Å². The summed E-state index contributed by atoms with van der Waals surface area (Å²) in [5.41, 5.74) is 0.670. The van der Waals surface area contributed by atoms with E-state index in [-0.39, 0.29) is 12.2 Å². The van der Waals surface area contributed by atoms with E-state index in [0.29, 0.717) is 10.9 Å². The molecule has 1 aromatic rings. The highest BCUT2D eigenvalue weighted by Crippen LogP contribution is 2.25. The number of rotatable bonds is 4. The van der Waals surface area contributed by atoms with Gasteiger partial charge in [-0.2, -0.15) is 13.2 Å². The van der Waals surface area contributed by atoms with Crippen LogP contribution in [0.3, 0.4) is 0 Å². The van der Waals surface area contributed by atoms with Gasteiger partial charge in [0.15, 0.2) is 0 Å². The van der Waals surface area contributed by atoms with Crippen molar-refractivity contribution in [3.8, 4) is 0 Å². The highest BCUT2D eigenvalue weighted by molar-refractivity contribution is 9.08. The average Bonchev–Trinajstić information content (AvgIpc) is 2.24. The quantitative estimate of drug-likeness (QED) is 0.597. The number of hydrogen-bond donors (Lipinski definition) is 0. The smallest absolute Gasteiger partial charge is 0.360 e. The highest BCUT2D eigenvalue weighted by Gasteiger charge is 2.31. The third-order valence-electron chi connectivity index (χ3n) is 2.26. The molecule has 0 radical (unpaired) electrons. The molecule has 1 rings (SSSR count). The van der Waals surface area contributed by atoms with Crippen LogP contribution in [0.1, 0.15) is 12.5 Å². The van der Waals surface area contributed by atoms with Gasteiger partial charge in [0.05, 0.1) is 5.69 Å². The van der Waals surface area contributed by atoms with Crippen molar-refractivity contribution in [1.29, 1.82) is 0 Å². The van der Waals surface area contributed by atoms with E-state index in [1.54, 1.807) is 13.0 Å². The summed E-state index contributed by atoms with van der Waals surface area (Å²) in [6, 6.07) is 4.22. The number of alkyl halides is 4. The molecule has 17 heavy (non-hydrogen) atoms. The Morgan fingerprint density at radius 1 is 1.29 bits per heavy atom. The third kappa shape index (κ3) is 4.18. The zero-order chi connectivity index (χ0) is 13.1. The van der Waals surface area contributed by atoms with Crippen LogP contribution >= 0.6 is 15.9 Å². The molecule has 0 spiro atoms.